The highest BCUT2D eigenvalue weighted by Gasteiger charge is 2.33. The predicted octanol–water partition coefficient (Wildman–Crippen LogP) is 3.69. The van der Waals surface area contributed by atoms with Crippen LogP contribution in [0.25, 0.3) is 10.4 Å². The topological polar surface area (TPSA) is 66.8 Å². The number of carboxylic acid groups (broad SMARTS) is 1. The number of carbonyl (C=O) groups is 2. The Morgan fingerprint density at radius 2 is 2.08 bits per heavy atom. The number of rotatable bonds is 3. The number of hydrogen-bond acceptors (Lipinski definition) is 4. The van der Waals surface area contributed by atoms with Crippen LogP contribution >= 0.6 is 22.9 Å². The van der Waals surface area contributed by atoms with Crippen molar-refractivity contribution in [3.8, 4) is 10.4 Å². The molecule has 0 saturated carbocycles. The van der Waals surface area contributed by atoms with E-state index in [1.54, 1.807) is 17.9 Å². The molecule has 1 unspecified atom stereocenters. The standard InChI is InChI=1S/C18H18ClNO4S/c1-10-6-15(25-16(10)12-4-3-5-13(19)7-12)17(21)20-8-11(2)24-14(9-20)18(22)23/h3-7,11,14H,8-9H2,1-2H3,(H,22,23)/t11-,14?/m1/s1. The first kappa shape index (κ1) is 17.9. The van der Waals surface area contributed by atoms with Gasteiger partial charge in [0.25, 0.3) is 5.91 Å². The van der Waals surface area contributed by atoms with E-state index in [-0.39, 0.29) is 18.6 Å². The molecule has 0 aliphatic carbocycles. The lowest BCUT2D eigenvalue weighted by Crippen LogP contribution is -2.51. The summed E-state index contributed by atoms with van der Waals surface area (Å²) < 4.78 is 5.37. The zero-order valence-corrected chi connectivity index (χ0v) is 15.4. The zero-order chi connectivity index (χ0) is 18.1. The van der Waals surface area contributed by atoms with Gasteiger partial charge < -0.3 is 14.7 Å². The van der Waals surface area contributed by atoms with Gasteiger partial charge in [0, 0.05) is 16.4 Å². The number of amides is 1. The Labute approximate surface area is 154 Å². The molecule has 2 heterocycles. The summed E-state index contributed by atoms with van der Waals surface area (Å²) in [6, 6.07) is 9.35. The SMILES string of the molecule is Cc1cc(C(=O)N2CC(C(=O)O)O[C@H](C)C2)sc1-c1cccc(Cl)c1. The van der Waals surface area contributed by atoms with Crippen LogP contribution in [0.15, 0.2) is 30.3 Å². The van der Waals surface area contributed by atoms with Gasteiger partial charge in [0.1, 0.15) is 0 Å². The van der Waals surface area contributed by atoms with Crippen molar-refractivity contribution in [2.75, 3.05) is 13.1 Å². The molecule has 132 valence electrons. The molecule has 1 amide bonds. The summed E-state index contributed by atoms with van der Waals surface area (Å²) in [6.45, 7) is 4.16. The third-order valence-corrected chi connectivity index (χ3v) is 5.55. The molecule has 1 aromatic heterocycles. The van der Waals surface area contributed by atoms with E-state index in [1.165, 1.54) is 11.3 Å². The molecular formula is C18H18ClNO4S. The van der Waals surface area contributed by atoms with Crippen molar-refractivity contribution in [2.45, 2.75) is 26.1 Å². The monoisotopic (exact) mass is 379 g/mol. The fraction of sp³-hybridized carbons (Fsp3) is 0.333. The number of morpholine rings is 1. The largest absolute Gasteiger partial charge is 0.479 e. The minimum atomic E-state index is -1.05. The quantitative estimate of drug-likeness (QED) is 0.883. The minimum Gasteiger partial charge on any atom is -0.479 e. The molecular weight excluding hydrogens is 362 g/mol. The fourth-order valence-corrected chi connectivity index (χ4v) is 4.24. The Kier molecular flexibility index (Phi) is 5.13. The second-order valence-corrected chi connectivity index (χ2v) is 7.61. The minimum absolute atomic E-state index is 0.0575. The number of halogens is 1. The molecule has 3 rings (SSSR count). The Balaban J connectivity index is 1.86. The second kappa shape index (κ2) is 7.15. The first-order valence-corrected chi connectivity index (χ1v) is 9.08. The molecule has 0 spiro atoms. The molecule has 25 heavy (non-hydrogen) atoms. The van der Waals surface area contributed by atoms with Crippen molar-refractivity contribution >= 4 is 34.8 Å². The maximum Gasteiger partial charge on any atom is 0.334 e. The van der Waals surface area contributed by atoms with Crippen LogP contribution in [0.2, 0.25) is 5.02 Å². The summed E-state index contributed by atoms with van der Waals surface area (Å²) in [5.41, 5.74) is 1.96. The number of thiophene rings is 1. The smallest absolute Gasteiger partial charge is 0.334 e. The van der Waals surface area contributed by atoms with Crippen LogP contribution in [-0.2, 0) is 9.53 Å². The highest BCUT2D eigenvalue weighted by molar-refractivity contribution is 7.17. The lowest BCUT2D eigenvalue weighted by Gasteiger charge is -2.34. The summed E-state index contributed by atoms with van der Waals surface area (Å²) in [4.78, 5) is 27.2. The first-order valence-electron chi connectivity index (χ1n) is 7.89. The third-order valence-electron chi connectivity index (χ3n) is 4.04. The van der Waals surface area contributed by atoms with Gasteiger partial charge in [-0.25, -0.2) is 4.79 Å². The van der Waals surface area contributed by atoms with Crippen LogP contribution < -0.4 is 0 Å². The van der Waals surface area contributed by atoms with E-state index in [4.69, 9.17) is 16.3 Å². The maximum absolute atomic E-state index is 12.8. The highest BCUT2D eigenvalue weighted by atomic mass is 35.5. The molecule has 1 N–H and O–H groups in total. The van der Waals surface area contributed by atoms with Crippen LogP contribution in [0.1, 0.15) is 22.2 Å². The molecule has 1 aliphatic heterocycles. The molecule has 0 radical (unpaired) electrons. The van der Waals surface area contributed by atoms with Gasteiger partial charge in [0.15, 0.2) is 6.10 Å². The Morgan fingerprint density at radius 3 is 2.76 bits per heavy atom. The Hall–Kier alpha value is -1.89. The van der Waals surface area contributed by atoms with Crippen molar-refractivity contribution in [2.24, 2.45) is 0 Å². The van der Waals surface area contributed by atoms with E-state index < -0.39 is 12.1 Å². The van der Waals surface area contributed by atoms with Gasteiger partial charge in [-0.05, 0) is 43.2 Å². The van der Waals surface area contributed by atoms with Gasteiger partial charge in [-0.1, -0.05) is 23.7 Å². The van der Waals surface area contributed by atoms with Crippen LogP contribution in [0.5, 0.6) is 0 Å². The average molecular weight is 380 g/mol. The molecule has 1 fully saturated rings. The van der Waals surface area contributed by atoms with E-state index in [1.807, 2.05) is 31.2 Å². The Morgan fingerprint density at radius 1 is 1.32 bits per heavy atom. The molecule has 5 nitrogen and oxygen atoms in total. The van der Waals surface area contributed by atoms with Gasteiger partial charge in [-0.3, -0.25) is 4.79 Å². The van der Waals surface area contributed by atoms with E-state index in [0.717, 1.165) is 16.0 Å². The van der Waals surface area contributed by atoms with Gasteiger partial charge >= 0.3 is 5.97 Å². The normalized spacial score (nSPS) is 20.5. The van der Waals surface area contributed by atoms with E-state index >= 15 is 0 Å². The molecule has 1 saturated heterocycles. The summed E-state index contributed by atoms with van der Waals surface area (Å²) in [5.74, 6) is -1.21. The number of carboxylic acids is 1. The Bertz CT molecular complexity index is 819. The summed E-state index contributed by atoms with van der Waals surface area (Å²) in [5, 5.41) is 9.82. The van der Waals surface area contributed by atoms with Gasteiger partial charge in [0.2, 0.25) is 0 Å². The fourth-order valence-electron chi connectivity index (χ4n) is 2.91. The van der Waals surface area contributed by atoms with Crippen molar-refractivity contribution in [1.82, 2.24) is 4.90 Å². The van der Waals surface area contributed by atoms with Gasteiger partial charge in [-0.15, -0.1) is 11.3 Å². The number of aliphatic carboxylic acids is 1. The lowest BCUT2D eigenvalue weighted by molar-refractivity contribution is -0.160. The van der Waals surface area contributed by atoms with Crippen LogP contribution in [0, 0.1) is 6.92 Å². The third kappa shape index (κ3) is 3.86. The van der Waals surface area contributed by atoms with Crippen molar-refractivity contribution in [3.63, 3.8) is 0 Å². The second-order valence-electron chi connectivity index (χ2n) is 6.12. The summed E-state index contributed by atoms with van der Waals surface area (Å²) in [6.07, 6.45) is -1.30. The van der Waals surface area contributed by atoms with Gasteiger partial charge in [0.05, 0.1) is 17.5 Å². The molecule has 2 aromatic rings. The van der Waals surface area contributed by atoms with Crippen LogP contribution in [0.4, 0.5) is 0 Å². The van der Waals surface area contributed by atoms with E-state index in [0.29, 0.717) is 16.4 Å². The molecule has 7 heteroatoms. The average Bonchev–Trinajstić information content (AvgIpc) is 2.95. The number of aryl methyl sites for hydroxylation is 1. The summed E-state index contributed by atoms with van der Waals surface area (Å²) in [7, 11) is 0. The van der Waals surface area contributed by atoms with E-state index in [2.05, 4.69) is 0 Å². The van der Waals surface area contributed by atoms with Crippen molar-refractivity contribution < 1.29 is 19.4 Å². The zero-order valence-electron chi connectivity index (χ0n) is 13.9. The molecule has 2 atom stereocenters. The maximum atomic E-state index is 12.8. The number of carbonyl (C=O) groups excluding carboxylic acids is 1. The first-order chi connectivity index (χ1) is 11.8. The van der Waals surface area contributed by atoms with Crippen LogP contribution in [-0.4, -0.2) is 47.2 Å². The number of hydrogen-bond donors (Lipinski definition) is 1. The molecule has 1 aromatic carbocycles. The lowest BCUT2D eigenvalue weighted by atomic mass is 10.1. The number of ether oxygens (including phenoxy) is 1. The molecule has 0 bridgehead atoms. The van der Waals surface area contributed by atoms with Crippen LogP contribution in [0.3, 0.4) is 0 Å². The summed E-state index contributed by atoms with van der Waals surface area (Å²) >= 11 is 7.46. The van der Waals surface area contributed by atoms with E-state index in [9.17, 15) is 14.7 Å². The van der Waals surface area contributed by atoms with Crippen molar-refractivity contribution in [3.05, 3.63) is 45.8 Å². The number of benzene rings is 1. The molecule has 1 aliphatic rings. The highest BCUT2D eigenvalue weighted by Crippen LogP contribution is 2.34. The predicted molar refractivity (Wildman–Crippen MR) is 97.4 cm³/mol. The number of nitrogens with zero attached hydrogens (tertiary/aromatic N) is 1. The van der Waals surface area contributed by atoms with Crippen molar-refractivity contribution in [1.29, 1.82) is 0 Å². The van der Waals surface area contributed by atoms with Gasteiger partial charge in [-0.2, -0.15) is 0 Å².